The second-order valence-corrected chi connectivity index (χ2v) is 11.9. The van der Waals surface area contributed by atoms with Gasteiger partial charge < -0.3 is 20.6 Å². The highest BCUT2D eigenvalue weighted by Gasteiger charge is 2.38. The van der Waals surface area contributed by atoms with Crippen molar-refractivity contribution in [1.82, 2.24) is 10.2 Å². The molecule has 1 atom stereocenters. The molecule has 0 saturated heterocycles. The highest BCUT2D eigenvalue weighted by molar-refractivity contribution is 5.94. The average Bonchev–Trinajstić information content (AvgIpc) is 2.93. The molecule has 3 N–H and O–H groups in total. The molecular weight excluding hydrogens is 599 g/mol. The van der Waals surface area contributed by atoms with Crippen LogP contribution in [-0.4, -0.2) is 46.7 Å². The Morgan fingerprint density at radius 2 is 1.41 bits per heavy atom. The number of alkyl halides is 7. The maximum absolute atomic E-state index is 13.5. The number of nitrogens with zero attached hydrogens (tertiary/aromatic N) is 1. The molecule has 0 heterocycles. The number of carboxylic acid groups (broad SMARTS) is 1. The molecular formula is C30H34F7N3O4. The molecule has 2 aromatic carbocycles. The van der Waals surface area contributed by atoms with Crippen molar-refractivity contribution in [1.29, 1.82) is 0 Å². The minimum absolute atomic E-state index is 0.00707. The van der Waals surface area contributed by atoms with Crippen LogP contribution in [0.1, 0.15) is 73.5 Å². The van der Waals surface area contributed by atoms with Gasteiger partial charge in [0.2, 0.25) is 6.17 Å². The van der Waals surface area contributed by atoms with Crippen molar-refractivity contribution in [3.8, 4) is 0 Å². The number of halogens is 7. The number of nitrogens with one attached hydrogen (secondary N) is 2. The van der Waals surface area contributed by atoms with Crippen molar-refractivity contribution in [3.63, 3.8) is 0 Å². The first kappa shape index (κ1) is 34.6. The SMILES string of the molecule is CC(C)(C)C1CCC(N(Cc2ccc(C(=O)NCC(F)C(=O)O)cc2)C(=O)Nc2cc(C(F)(F)F)cc(C(F)(F)F)c2)CC1. The fourth-order valence-electron chi connectivity index (χ4n) is 5.17. The number of carbonyl (C=O) groups is 3. The normalized spacial score (nSPS) is 18.3. The Balaban J connectivity index is 1.86. The molecule has 1 aliphatic carbocycles. The van der Waals surface area contributed by atoms with Gasteiger partial charge in [-0.1, -0.05) is 32.9 Å². The molecule has 242 valence electrons. The van der Waals surface area contributed by atoms with Gasteiger partial charge in [-0.3, -0.25) is 4.79 Å². The molecule has 0 aliphatic heterocycles. The molecule has 1 unspecified atom stereocenters. The number of urea groups is 1. The van der Waals surface area contributed by atoms with E-state index in [1.165, 1.54) is 29.2 Å². The topological polar surface area (TPSA) is 98.7 Å². The highest BCUT2D eigenvalue weighted by atomic mass is 19.4. The lowest BCUT2D eigenvalue weighted by Crippen LogP contribution is -2.45. The van der Waals surface area contributed by atoms with Gasteiger partial charge in [-0.15, -0.1) is 0 Å². The zero-order chi connectivity index (χ0) is 33.0. The number of amides is 3. The third-order valence-corrected chi connectivity index (χ3v) is 7.74. The van der Waals surface area contributed by atoms with Crippen LogP contribution in [0.3, 0.4) is 0 Å². The predicted octanol–water partition coefficient (Wildman–Crippen LogP) is 7.52. The summed E-state index contributed by atoms with van der Waals surface area (Å²) in [6, 6.07) is 5.33. The van der Waals surface area contributed by atoms with Crippen LogP contribution in [-0.2, 0) is 23.7 Å². The third-order valence-electron chi connectivity index (χ3n) is 7.74. The third kappa shape index (κ3) is 9.33. The summed E-state index contributed by atoms with van der Waals surface area (Å²) < 4.78 is 93.7. The minimum atomic E-state index is -5.08. The van der Waals surface area contributed by atoms with E-state index in [1.54, 1.807) is 0 Å². The Morgan fingerprint density at radius 1 is 0.886 bits per heavy atom. The number of hydrogen-bond acceptors (Lipinski definition) is 3. The number of carbonyl (C=O) groups excluding carboxylic acids is 2. The fourth-order valence-corrected chi connectivity index (χ4v) is 5.17. The van der Waals surface area contributed by atoms with Gasteiger partial charge in [-0.25, -0.2) is 14.0 Å². The van der Waals surface area contributed by atoms with Gasteiger partial charge in [0.1, 0.15) is 0 Å². The second-order valence-electron chi connectivity index (χ2n) is 11.9. The Labute approximate surface area is 249 Å². The monoisotopic (exact) mass is 633 g/mol. The van der Waals surface area contributed by atoms with Gasteiger partial charge in [-0.2, -0.15) is 26.3 Å². The molecule has 1 fully saturated rings. The van der Waals surface area contributed by atoms with E-state index in [2.05, 4.69) is 31.4 Å². The van der Waals surface area contributed by atoms with E-state index < -0.39 is 59.8 Å². The lowest BCUT2D eigenvalue weighted by molar-refractivity contribution is -0.144. The fraction of sp³-hybridized carbons (Fsp3) is 0.500. The average molecular weight is 634 g/mol. The first-order valence-corrected chi connectivity index (χ1v) is 13.9. The van der Waals surface area contributed by atoms with E-state index in [-0.39, 0.29) is 29.6 Å². The first-order valence-electron chi connectivity index (χ1n) is 13.9. The van der Waals surface area contributed by atoms with Crippen LogP contribution in [0.5, 0.6) is 0 Å². The van der Waals surface area contributed by atoms with E-state index in [9.17, 15) is 45.1 Å². The van der Waals surface area contributed by atoms with Crippen molar-refractivity contribution in [3.05, 3.63) is 64.7 Å². The maximum atomic E-state index is 13.5. The molecule has 3 amide bonds. The second kappa shape index (κ2) is 13.4. The van der Waals surface area contributed by atoms with E-state index in [1.807, 2.05) is 0 Å². The van der Waals surface area contributed by atoms with Crippen LogP contribution in [0.25, 0.3) is 0 Å². The largest absolute Gasteiger partial charge is 0.479 e. The Kier molecular flexibility index (Phi) is 10.6. The highest BCUT2D eigenvalue weighted by Crippen LogP contribution is 2.40. The molecule has 7 nitrogen and oxygen atoms in total. The lowest BCUT2D eigenvalue weighted by atomic mass is 9.71. The number of anilines is 1. The summed E-state index contributed by atoms with van der Waals surface area (Å²) in [6.45, 7) is 5.48. The van der Waals surface area contributed by atoms with Gasteiger partial charge in [0.05, 0.1) is 17.7 Å². The van der Waals surface area contributed by atoms with E-state index in [0.717, 1.165) is 12.8 Å². The smallest absolute Gasteiger partial charge is 0.416 e. The van der Waals surface area contributed by atoms with Gasteiger partial charge in [0.25, 0.3) is 5.91 Å². The van der Waals surface area contributed by atoms with Crippen LogP contribution in [0.4, 0.5) is 41.2 Å². The molecule has 2 aromatic rings. The van der Waals surface area contributed by atoms with Crippen LogP contribution in [0, 0.1) is 11.3 Å². The van der Waals surface area contributed by atoms with Crippen LogP contribution >= 0.6 is 0 Å². The molecule has 0 bridgehead atoms. The molecule has 1 aliphatic rings. The summed E-state index contributed by atoms with van der Waals surface area (Å²) in [5.41, 5.74) is -3.19. The number of rotatable bonds is 8. The molecule has 0 spiro atoms. The summed E-state index contributed by atoms with van der Waals surface area (Å²) in [4.78, 5) is 37.8. The maximum Gasteiger partial charge on any atom is 0.416 e. The summed E-state index contributed by atoms with van der Waals surface area (Å²) in [5.74, 6) is -2.11. The van der Waals surface area contributed by atoms with Crippen molar-refractivity contribution in [2.24, 2.45) is 11.3 Å². The summed E-state index contributed by atoms with van der Waals surface area (Å²) in [5, 5.41) is 13.0. The van der Waals surface area contributed by atoms with Gasteiger partial charge in [-0.05, 0) is 72.9 Å². The van der Waals surface area contributed by atoms with Crippen molar-refractivity contribution >= 4 is 23.6 Å². The number of benzene rings is 2. The van der Waals surface area contributed by atoms with Gasteiger partial charge >= 0.3 is 24.4 Å². The van der Waals surface area contributed by atoms with Gasteiger partial charge in [0, 0.05) is 23.8 Å². The van der Waals surface area contributed by atoms with Gasteiger partial charge in [0.15, 0.2) is 0 Å². The lowest BCUT2D eigenvalue weighted by Gasteiger charge is -2.41. The van der Waals surface area contributed by atoms with Crippen LogP contribution in [0.15, 0.2) is 42.5 Å². The molecule has 1 saturated carbocycles. The molecule has 0 aromatic heterocycles. The van der Waals surface area contributed by atoms with Crippen molar-refractivity contribution in [2.45, 2.75) is 77.6 Å². The predicted molar refractivity (Wildman–Crippen MR) is 148 cm³/mol. The number of hydrogen-bond donors (Lipinski definition) is 3. The summed E-state index contributed by atoms with van der Waals surface area (Å²) in [7, 11) is 0. The van der Waals surface area contributed by atoms with Crippen molar-refractivity contribution < 1.29 is 50.2 Å². The number of aliphatic carboxylic acids is 1. The number of carboxylic acids is 1. The summed E-state index contributed by atoms with van der Waals surface area (Å²) in [6.07, 6.45) is -9.84. The van der Waals surface area contributed by atoms with E-state index >= 15 is 0 Å². The quantitative estimate of drug-likeness (QED) is 0.262. The van der Waals surface area contributed by atoms with Crippen LogP contribution < -0.4 is 10.6 Å². The molecule has 44 heavy (non-hydrogen) atoms. The molecule has 3 rings (SSSR count). The van der Waals surface area contributed by atoms with E-state index in [4.69, 9.17) is 5.11 Å². The standard InChI is InChI=1S/C30H34F7N3O4/c1-28(2,3)19-8-10-23(11-9-19)40(16-17-4-6-18(7-5-17)25(41)38-15-24(31)26(42)43)27(44)39-22-13-20(29(32,33)34)12-21(14-22)30(35,36)37/h4-7,12-14,19,23-24H,8-11,15-16H2,1-3H3,(H,38,41)(H,39,44)(H,42,43). The zero-order valence-corrected chi connectivity index (χ0v) is 24.3. The minimum Gasteiger partial charge on any atom is -0.479 e. The Morgan fingerprint density at radius 3 is 1.86 bits per heavy atom. The van der Waals surface area contributed by atoms with E-state index in [0.29, 0.717) is 36.5 Å². The Bertz CT molecular complexity index is 1300. The Hall–Kier alpha value is -3.84. The van der Waals surface area contributed by atoms with Crippen LogP contribution in [0.2, 0.25) is 0 Å². The molecule has 0 radical (unpaired) electrons. The first-order chi connectivity index (χ1) is 20.3. The summed E-state index contributed by atoms with van der Waals surface area (Å²) >= 11 is 0. The molecule has 14 heteroatoms. The van der Waals surface area contributed by atoms with Crippen molar-refractivity contribution in [2.75, 3.05) is 11.9 Å². The zero-order valence-electron chi connectivity index (χ0n) is 24.3.